The van der Waals surface area contributed by atoms with Crippen LogP contribution in [0.2, 0.25) is 0 Å². The number of benzene rings is 1. The van der Waals surface area contributed by atoms with E-state index >= 15 is 0 Å². The van der Waals surface area contributed by atoms with Gasteiger partial charge in [-0.05, 0) is 12.1 Å². The van der Waals surface area contributed by atoms with Gasteiger partial charge in [-0.15, -0.1) is 11.3 Å². The van der Waals surface area contributed by atoms with E-state index in [-0.39, 0.29) is 0 Å². The van der Waals surface area contributed by atoms with Gasteiger partial charge in [-0.2, -0.15) is 0 Å². The molecule has 1 N–H and O–H groups in total. The molecule has 2 heterocycles. The van der Waals surface area contributed by atoms with Crippen molar-refractivity contribution in [3.8, 4) is 10.6 Å². The van der Waals surface area contributed by atoms with Gasteiger partial charge in [-0.1, -0.05) is 12.1 Å². The highest BCUT2D eigenvalue weighted by atomic mass is 32.1. The number of nitrogens with one attached hydrogen (secondary N) is 1. The zero-order valence-corrected chi connectivity index (χ0v) is 8.21. The molecule has 0 aliphatic rings. The van der Waals surface area contributed by atoms with E-state index in [0.717, 1.165) is 5.01 Å². The summed E-state index contributed by atoms with van der Waals surface area (Å²) in [5, 5.41) is 4.30. The van der Waals surface area contributed by atoms with Crippen molar-refractivity contribution < 1.29 is 0 Å². The van der Waals surface area contributed by atoms with Crippen molar-refractivity contribution in [3.63, 3.8) is 0 Å². The highest BCUT2D eigenvalue weighted by molar-refractivity contribution is 7.13. The molecule has 2 nitrogen and oxygen atoms in total. The number of hydrogen-bond donors (Lipinski definition) is 1. The lowest BCUT2D eigenvalue weighted by Crippen LogP contribution is -1.77. The van der Waals surface area contributed by atoms with Gasteiger partial charge in [0.05, 0.1) is 5.52 Å². The van der Waals surface area contributed by atoms with Crippen LogP contribution in [0, 0.1) is 0 Å². The van der Waals surface area contributed by atoms with Crippen LogP contribution < -0.4 is 0 Å². The average Bonchev–Trinajstić information content (AvgIpc) is 2.88. The van der Waals surface area contributed by atoms with Crippen LogP contribution in [0.1, 0.15) is 0 Å². The molecule has 0 radical (unpaired) electrons. The molecule has 0 bridgehead atoms. The zero-order chi connectivity index (χ0) is 9.38. The third kappa shape index (κ3) is 1.06. The fraction of sp³-hybridized carbons (Fsp3) is 0. The number of para-hydroxylation sites is 1. The maximum atomic E-state index is 4.31. The molecular weight excluding hydrogens is 192 g/mol. The summed E-state index contributed by atoms with van der Waals surface area (Å²) in [4.78, 5) is 7.56. The standard InChI is InChI=1S/C11H8N2S/c1-2-8-4-5-12-10(8)9(3-1)11-13-6-7-14-11/h1-7,12H. The van der Waals surface area contributed by atoms with Crippen molar-refractivity contribution in [1.82, 2.24) is 9.97 Å². The predicted octanol–water partition coefficient (Wildman–Crippen LogP) is 3.29. The fourth-order valence-corrected chi connectivity index (χ4v) is 2.29. The first-order valence-electron chi connectivity index (χ1n) is 4.41. The summed E-state index contributed by atoms with van der Waals surface area (Å²) in [6.45, 7) is 0. The van der Waals surface area contributed by atoms with Crippen molar-refractivity contribution in [2.24, 2.45) is 0 Å². The van der Waals surface area contributed by atoms with Crippen molar-refractivity contribution in [2.45, 2.75) is 0 Å². The molecule has 3 aromatic rings. The highest BCUT2D eigenvalue weighted by Gasteiger charge is 2.05. The fourth-order valence-electron chi connectivity index (χ4n) is 1.62. The monoisotopic (exact) mass is 200 g/mol. The van der Waals surface area contributed by atoms with E-state index in [4.69, 9.17) is 0 Å². The largest absolute Gasteiger partial charge is 0.361 e. The molecule has 0 saturated heterocycles. The minimum absolute atomic E-state index is 1.07. The van der Waals surface area contributed by atoms with Crippen LogP contribution in [0.25, 0.3) is 21.5 Å². The van der Waals surface area contributed by atoms with Crippen molar-refractivity contribution in [1.29, 1.82) is 0 Å². The number of thiazole rings is 1. The summed E-state index contributed by atoms with van der Waals surface area (Å²) in [6.07, 6.45) is 3.80. The third-order valence-electron chi connectivity index (χ3n) is 2.25. The summed E-state index contributed by atoms with van der Waals surface area (Å²) in [6, 6.07) is 8.33. The minimum Gasteiger partial charge on any atom is -0.361 e. The Labute approximate surface area is 85.2 Å². The first-order chi connectivity index (χ1) is 6.95. The number of H-pyrrole nitrogens is 1. The van der Waals surface area contributed by atoms with E-state index in [1.807, 2.05) is 17.8 Å². The summed E-state index contributed by atoms with van der Waals surface area (Å²) in [5.41, 5.74) is 2.35. The Hall–Kier alpha value is -1.61. The third-order valence-corrected chi connectivity index (χ3v) is 3.06. The smallest absolute Gasteiger partial charge is 0.125 e. The second-order valence-corrected chi connectivity index (χ2v) is 3.98. The van der Waals surface area contributed by atoms with Crippen LogP contribution in [0.3, 0.4) is 0 Å². The summed E-state index contributed by atoms with van der Waals surface area (Å²) in [5.74, 6) is 0. The maximum Gasteiger partial charge on any atom is 0.125 e. The molecule has 1 aromatic carbocycles. The van der Waals surface area contributed by atoms with E-state index < -0.39 is 0 Å². The van der Waals surface area contributed by atoms with Gasteiger partial charge in [-0.3, -0.25) is 0 Å². The number of hydrogen-bond acceptors (Lipinski definition) is 2. The SMILES string of the molecule is c1cc(-c2nccs2)c2[nH]ccc2c1. The second kappa shape index (κ2) is 2.96. The Morgan fingerprint density at radius 1 is 1.21 bits per heavy atom. The topological polar surface area (TPSA) is 28.7 Å². The van der Waals surface area contributed by atoms with Gasteiger partial charge in [0.25, 0.3) is 0 Å². The summed E-state index contributed by atoms with van der Waals surface area (Å²) < 4.78 is 0. The molecule has 0 aliphatic heterocycles. The molecule has 2 aromatic heterocycles. The maximum absolute atomic E-state index is 4.31. The Morgan fingerprint density at radius 2 is 2.21 bits per heavy atom. The van der Waals surface area contributed by atoms with Gasteiger partial charge in [0.15, 0.2) is 0 Å². The first kappa shape index (κ1) is 7.76. The summed E-state index contributed by atoms with van der Waals surface area (Å²) in [7, 11) is 0. The number of aromatic amines is 1. The average molecular weight is 200 g/mol. The minimum atomic E-state index is 1.07. The van der Waals surface area contributed by atoms with Crippen molar-refractivity contribution in [2.75, 3.05) is 0 Å². The van der Waals surface area contributed by atoms with Gasteiger partial charge in [0.1, 0.15) is 5.01 Å². The number of fused-ring (bicyclic) bond motifs is 1. The van der Waals surface area contributed by atoms with Gasteiger partial charge in [-0.25, -0.2) is 4.98 Å². The molecule has 0 fully saturated rings. The van der Waals surface area contributed by atoms with E-state index in [9.17, 15) is 0 Å². The molecular formula is C11H8N2S. The van der Waals surface area contributed by atoms with E-state index in [1.165, 1.54) is 16.5 Å². The lowest BCUT2D eigenvalue weighted by molar-refractivity contribution is 1.41. The molecule has 14 heavy (non-hydrogen) atoms. The van der Waals surface area contributed by atoms with Crippen LogP contribution in [-0.4, -0.2) is 9.97 Å². The predicted molar refractivity (Wildman–Crippen MR) is 59.4 cm³/mol. The number of rotatable bonds is 1. The van der Waals surface area contributed by atoms with E-state index in [1.54, 1.807) is 11.3 Å². The van der Waals surface area contributed by atoms with Gasteiger partial charge in [0, 0.05) is 28.7 Å². The quantitative estimate of drug-likeness (QED) is 0.641. The Kier molecular flexibility index (Phi) is 1.64. The van der Waals surface area contributed by atoms with Gasteiger partial charge in [0.2, 0.25) is 0 Å². The number of aromatic nitrogens is 2. The zero-order valence-electron chi connectivity index (χ0n) is 7.40. The Morgan fingerprint density at radius 3 is 3.07 bits per heavy atom. The first-order valence-corrected chi connectivity index (χ1v) is 5.29. The summed E-state index contributed by atoms with van der Waals surface area (Å²) >= 11 is 1.66. The van der Waals surface area contributed by atoms with Crippen LogP contribution in [0.15, 0.2) is 42.0 Å². The van der Waals surface area contributed by atoms with Gasteiger partial charge >= 0.3 is 0 Å². The van der Waals surface area contributed by atoms with E-state index in [0.29, 0.717) is 0 Å². The lowest BCUT2D eigenvalue weighted by Gasteiger charge is -1.97. The number of nitrogens with zero attached hydrogens (tertiary/aromatic N) is 1. The van der Waals surface area contributed by atoms with Crippen molar-refractivity contribution >= 4 is 22.2 Å². The molecule has 0 unspecified atom stereocenters. The van der Waals surface area contributed by atoms with Crippen LogP contribution in [0.5, 0.6) is 0 Å². The molecule has 0 aliphatic carbocycles. The van der Waals surface area contributed by atoms with E-state index in [2.05, 4.69) is 34.2 Å². The Bertz CT molecular complexity index is 551. The molecule has 68 valence electrons. The van der Waals surface area contributed by atoms with Crippen LogP contribution in [-0.2, 0) is 0 Å². The normalized spacial score (nSPS) is 10.9. The molecule has 3 rings (SSSR count). The van der Waals surface area contributed by atoms with Crippen molar-refractivity contribution in [3.05, 3.63) is 42.0 Å². The second-order valence-electron chi connectivity index (χ2n) is 3.08. The molecule has 3 heteroatoms. The molecule has 0 atom stereocenters. The Balaban J connectivity index is 2.36. The van der Waals surface area contributed by atoms with Gasteiger partial charge < -0.3 is 4.98 Å². The molecule has 0 spiro atoms. The molecule has 0 saturated carbocycles. The highest BCUT2D eigenvalue weighted by Crippen LogP contribution is 2.28. The molecule has 0 amide bonds. The lowest BCUT2D eigenvalue weighted by atomic mass is 10.1. The van der Waals surface area contributed by atoms with Crippen LogP contribution in [0.4, 0.5) is 0 Å². The van der Waals surface area contributed by atoms with Crippen LogP contribution >= 0.6 is 11.3 Å².